The van der Waals surface area contributed by atoms with Crippen LogP contribution >= 0.6 is 23.4 Å². The molecule has 7 heteroatoms. The van der Waals surface area contributed by atoms with Crippen molar-refractivity contribution < 1.29 is 4.79 Å². The van der Waals surface area contributed by atoms with Crippen molar-refractivity contribution in [2.45, 2.75) is 57.3 Å². The van der Waals surface area contributed by atoms with Gasteiger partial charge in [0.25, 0.3) is 0 Å². The molecule has 1 aromatic heterocycles. The summed E-state index contributed by atoms with van der Waals surface area (Å²) in [6.07, 6.45) is 4.76. The van der Waals surface area contributed by atoms with Gasteiger partial charge in [0.2, 0.25) is 5.91 Å². The van der Waals surface area contributed by atoms with E-state index in [4.69, 9.17) is 11.6 Å². The van der Waals surface area contributed by atoms with E-state index in [1.807, 2.05) is 35.8 Å². The van der Waals surface area contributed by atoms with Gasteiger partial charge in [-0.3, -0.25) is 4.79 Å². The van der Waals surface area contributed by atoms with Crippen LogP contribution in [0.15, 0.2) is 29.4 Å². The molecule has 1 N–H and O–H groups in total. The highest BCUT2D eigenvalue weighted by atomic mass is 35.5. The minimum atomic E-state index is 0.0729. The zero-order valence-electron chi connectivity index (χ0n) is 15.2. The van der Waals surface area contributed by atoms with Gasteiger partial charge in [0.15, 0.2) is 11.0 Å². The average molecular weight is 393 g/mol. The summed E-state index contributed by atoms with van der Waals surface area (Å²) in [7, 11) is 0. The first-order valence-electron chi connectivity index (χ1n) is 9.19. The van der Waals surface area contributed by atoms with Crippen molar-refractivity contribution in [2.75, 3.05) is 5.75 Å². The maximum atomic E-state index is 12.3. The van der Waals surface area contributed by atoms with Crippen LogP contribution in [0.25, 0.3) is 11.4 Å². The number of carbonyl (C=O) groups excluding carboxylic acids is 1. The lowest BCUT2D eigenvalue weighted by Crippen LogP contribution is -2.41. The summed E-state index contributed by atoms with van der Waals surface area (Å²) in [5.74, 6) is 1.77. The summed E-state index contributed by atoms with van der Waals surface area (Å²) >= 11 is 7.52. The summed E-state index contributed by atoms with van der Waals surface area (Å²) < 4.78 is 2.02. The molecule has 1 heterocycles. The van der Waals surface area contributed by atoms with Crippen molar-refractivity contribution in [1.29, 1.82) is 0 Å². The number of aromatic nitrogens is 3. The Morgan fingerprint density at radius 3 is 2.88 bits per heavy atom. The van der Waals surface area contributed by atoms with E-state index in [2.05, 4.69) is 22.4 Å². The Morgan fingerprint density at radius 1 is 1.35 bits per heavy atom. The van der Waals surface area contributed by atoms with Crippen LogP contribution in [0.1, 0.15) is 39.5 Å². The zero-order valence-corrected chi connectivity index (χ0v) is 16.8. The lowest BCUT2D eigenvalue weighted by Gasteiger charge is -2.29. The topological polar surface area (TPSA) is 59.8 Å². The third kappa shape index (κ3) is 4.60. The summed E-state index contributed by atoms with van der Waals surface area (Å²) in [4.78, 5) is 12.3. The Hall–Kier alpha value is -1.53. The van der Waals surface area contributed by atoms with E-state index in [0.29, 0.717) is 22.7 Å². The second-order valence-corrected chi connectivity index (χ2v) is 8.16. The Labute approximate surface area is 163 Å². The lowest BCUT2D eigenvalue weighted by molar-refractivity contribution is -0.119. The predicted octanol–water partition coefficient (Wildman–Crippen LogP) is 4.41. The highest BCUT2D eigenvalue weighted by molar-refractivity contribution is 7.99. The normalized spacial score (nSPS) is 20.1. The third-order valence-corrected chi connectivity index (χ3v) is 6.11. The van der Waals surface area contributed by atoms with Gasteiger partial charge >= 0.3 is 0 Å². The van der Waals surface area contributed by atoms with Crippen LogP contribution in [-0.2, 0) is 11.3 Å². The Bertz CT molecular complexity index is 764. The zero-order chi connectivity index (χ0) is 18.5. The number of carbonyl (C=O) groups is 1. The average Bonchev–Trinajstić information content (AvgIpc) is 3.05. The predicted molar refractivity (Wildman–Crippen MR) is 106 cm³/mol. The van der Waals surface area contributed by atoms with Gasteiger partial charge in [-0.2, -0.15) is 0 Å². The standard InChI is InChI=1S/C19H25ClN4OS/c1-3-24-18(14-8-6-9-15(20)11-14)22-23-19(24)26-12-17(25)21-16-10-5-4-7-13(16)2/h6,8-9,11,13,16H,3-5,7,10,12H2,1-2H3,(H,21,25)/t13-,16-/m1/s1. The van der Waals surface area contributed by atoms with Crippen LogP contribution < -0.4 is 5.32 Å². The molecule has 1 amide bonds. The summed E-state index contributed by atoms with van der Waals surface area (Å²) in [6, 6.07) is 7.89. The van der Waals surface area contributed by atoms with Crippen molar-refractivity contribution in [3.05, 3.63) is 29.3 Å². The molecule has 0 aliphatic heterocycles. The number of rotatable bonds is 6. The quantitative estimate of drug-likeness (QED) is 0.740. The Morgan fingerprint density at radius 2 is 2.15 bits per heavy atom. The molecule has 3 rings (SSSR count). The molecule has 1 aliphatic carbocycles. The van der Waals surface area contributed by atoms with E-state index >= 15 is 0 Å². The molecule has 26 heavy (non-hydrogen) atoms. The van der Waals surface area contributed by atoms with E-state index in [-0.39, 0.29) is 5.91 Å². The monoisotopic (exact) mass is 392 g/mol. The highest BCUT2D eigenvalue weighted by Crippen LogP contribution is 2.26. The number of nitrogens with zero attached hydrogens (tertiary/aromatic N) is 3. The van der Waals surface area contributed by atoms with Crippen LogP contribution in [0.3, 0.4) is 0 Å². The number of halogens is 1. The molecule has 140 valence electrons. The van der Waals surface area contributed by atoms with E-state index in [1.54, 1.807) is 0 Å². The van der Waals surface area contributed by atoms with Crippen LogP contribution in [0.4, 0.5) is 0 Å². The molecule has 0 unspecified atom stereocenters. The molecular weight excluding hydrogens is 368 g/mol. The molecule has 2 aromatic rings. The Balaban J connectivity index is 1.64. The van der Waals surface area contributed by atoms with Crippen molar-refractivity contribution >= 4 is 29.3 Å². The van der Waals surface area contributed by atoms with Gasteiger partial charge in [-0.1, -0.05) is 55.3 Å². The Kier molecular flexibility index (Phi) is 6.59. The van der Waals surface area contributed by atoms with Crippen molar-refractivity contribution in [3.8, 4) is 11.4 Å². The fraction of sp³-hybridized carbons (Fsp3) is 0.526. The van der Waals surface area contributed by atoms with Crippen LogP contribution in [-0.4, -0.2) is 32.5 Å². The molecule has 1 fully saturated rings. The van der Waals surface area contributed by atoms with Gasteiger partial charge in [-0.15, -0.1) is 10.2 Å². The van der Waals surface area contributed by atoms with Gasteiger partial charge in [-0.25, -0.2) is 0 Å². The fourth-order valence-electron chi connectivity index (χ4n) is 3.43. The number of amides is 1. The summed E-state index contributed by atoms with van der Waals surface area (Å²) in [5, 5.41) is 13.2. The number of nitrogens with one attached hydrogen (secondary N) is 1. The fourth-order valence-corrected chi connectivity index (χ4v) is 4.43. The first-order chi connectivity index (χ1) is 12.6. The van der Waals surface area contributed by atoms with Crippen LogP contribution in [0, 0.1) is 5.92 Å². The van der Waals surface area contributed by atoms with Crippen LogP contribution in [0.5, 0.6) is 0 Å². The molecule has 1 saturated carbocycles. The first kappa shape index (κ1) is 19.2. The van der Waals surface area contributed by atoms with E-state index in [9.17, 15) is 4.79 Å². The second kappa shape index (κ2) is 8.91. The number of thioether (sulfide) groups is 1. The van der Waals surface area contributed by atoms with Crippen molar-refractivity contribution in [2.24, 2.45) is 5.92 Å². The highest BCUT2D eigenvalue weighted by Gasteiger charge is 2.23. The minimum absolute atomic E-state index is 0.0729. The van der Waals surface area contributed by atoms with E-state index in [0.717, 1.165) is 29.5 Å². The van der Waals surface area contributed by atoms with Gasteiger partial charge in [0.1, 0.15) is 0 Å². The molecule has 0 bridgehead atoms. The van der Waals surface area contributed by atoms with E-state index in [1.165, 1.54) is 31.0 Å². The largest absolute Gasteiger partial charge is 0.352 e. The third-order valence-electron chi connectivity index (χ3n) is 4.91. The van der Waals surface area contributed by atoms with Crippen molar-refractivity contribution in [3.63, 3.8) is 0 Å². The molecule has 0 saturated heterocycles. The smallest absolute Gasteiger partial charge is 0.230 e. The van der Waals surface area contributed by atoms with E-state index < -0.39 is 0 Å². The van der Waals surface area contributed by atoms with Gasteiger partial charge < -0.3 is 9.88 Å². The molecule has 1 aliphatic rings. The van der Waals surface area contributed by atoms with Gasteiger partial charge in [-0.05, 0) is 37.8 Å². The number of hydrogen-bond acceptors (Lipinski definition) is 4. The maximum Gasteiger partial charge on any atom is 0.230 e. The summed E-state index contributed by atoms with van der Waals surface area (Å²) in [5.41, 5.74) is 0.930. The first-order valence-corrected chi connectivity index (χ1v) is 10.6. The second-order valence-electron chi connectivity index (χ2n) is 6.79. The number of hydrogen-bond donors (Lipinski definition) is 1. The molecule has 2 atom stereocenters. The molecule has 0 spiro atoms. The SMILES string of the molecule is CCn1c(SCC(=O)N[C@@H]2CCCC[C@H]2C)nnc1-c1cccc(Cl)c1. The maximum absolute atomic E-state index is 12.3. The van der Waals surface area contributed by atoms with Gasteiger partial charge in [0, 0.05) is 23.2 Å². The molecule has 5 nitrogen and oxygen atoms in total. The minimum Gasteiger partial charge on any atom is -0.352 e. The number of benzene rings is 1. The molecular formula is C19H25ClN4OS. The molecule has 0 radical (unpaired) electrons. The summed E-state index contributed by atoms with van der Waals surface area (Å²) in [6.45, 7) is 5.01. The molecule has 1 aromatic carbocycles. The lowest BCUT2D eigenvalue weighted by atomic mass is 9.86. The van der Waals surface area contributed by atoms with Crippen LogP contribution in [0.2, 0.25) is 5.02 Å². The van der Waals surface area contributed by atoms with Crippen molar-refractivity contribution in [1.82, 2.24) is 20.1 Å². The van der Waals surface area contributed by atoms with Gasteiger partial charge in [0.05, 0.1) is 5.75 Å².